The van der Waals surface area contributed by atoms with Gasteiger partial charge in [0, 0.05) is 35.8 Å². The summed E-state index contributed by atoms with van der Waals surface area (Å²) in [4.78, 5) is 14.5. The van der Waals surface area contributed by atoms with E-state index < -0.39 is 0 Å². The molecule has 1 amide bonds. The molecule has 0 N–H and O–H groups in total. The number of aromatic nitrogens is 1. The van der Waals surface area contributed by atoms with Gasteiger partial charge in [0.25, 0.3) is 5.91 Å². The van der Waals surface area contributed by atoms with Crippen LogP contribution in [-0.2, 0) is 11.3 Å². The zero-order valence-electron chi connectivity index (χ0n) is 16.1. The summed E-state index contributed by atoms with van der Waals surface area (Å²) in [6.45, 7) is 1.20. The molecule has 0 spiro atoms. The Morgan fingerprint density at radius 2 is 1.93 bits per heavy atom. The number of likely N-dealkylation sites (N-methyl/N-ethyl adjacent to an activating group) is 1. The number of benzene rings is 2. The van der Waals surface area contributed by atoms with Crippen molar-refractivity contribution in [2.45, 2.75) is 6.54 Å². The van der Waals surface area contributed by atoms with Gasteiger partial charge in [0.2, 0.25) is 0 Å². The van der Waals surface area contributed by atoms with Gasteiger partial charge in [-0.25, -0.2) is 0 Å². The number of thioether (sulfide) groups is 1. The molecule has 148 valence electrons. The predicted molar refractivity (Wildman–Crippen MR) is 121 cm³/mol. The minimum absolute atomic E-state index is 0.0572. The zero-order valence-corrected chi connectivity index (χ0v) is 17.8. The summed E-state index contributed by atoms with van der Waals surface area (Å²) >= 11 is 6.57. The molecular formula is C22H20N2O3S2. The van der Waals surface area contributed by atoms with E-state index in [1.807, 2.05) is 42.5 Å². The van der Waals surface area contributed by atoms with Crippen molar-refractivity contribution < 1.29 is 14.3 Å². The highest BCUT2D eigenvalue weighted by Crippen LogP contribution is 2.33. The van der Waals surface area contributed by atoms with E-state index in [1.54, 1.807) is 14.2 Å². The molecule has 0 saturated carbocycles. The fraction of sp³-hybridized carbons (Fsp3) is 0.182. The van der Waals surface area contributed by atoms with Crippen LogP contribution in [0.3, 0.4) is 0 Å². The number of amides is 1. The first-order chi connectivity index (χ1) is 14.1. The topological polar surface area (TPSA) is 43.7 Å². The van der Waals surface area contributed by atoms with Crippen LogP contribution in [0.15, 0.2) is 59.6 Å². The minimum Gasteiger partial charge on any atom is -0.497 e. The highest BCUT2D eigenvalue weighted by molar-refractivity contribution is 8.26. The molecular weight excluding hydrogens is 404 g/mol. The molecule has 2 aromatic carbocycles. The van der Waals surface area contributed by atoms with Crippen molar-refractivity contribution in [1.82, 2.24) is 9.47 Å². The number of ether oxygens (including phenoxy) is 2. The van der Waals surface area contributed by atoms with Crippen molar-refractivity contribution in [1.29, 1.82) is 0 Å². The first-order valence-electron chi connectivity index (χ1n) is 9.13. The van der Waals surface area contributed by atoms with Crippen molar-refractivity contribution in [2.24, 2.45) is 0 Å². The monoisotopic (exact) mass is 424 g/mol. The van der Waals surface area contributed by atoms with E-state index in [0.717, 1.165) is 28.0 Å². The molecule has 1 aromatic heterocycles. The number of rotatable bonds is 6. The van der Waals surface area contributed by atoms with E-state index >= 15 is 0 Å². The SMILES string of the molecule is COc1cccc(OCCn2cc(/C=C3\SC(=S)N(C)C3=O)c3ccccc32)c1. The third-order valence-corrected chi connectivity index (χ3v) is 6.22. The molecule has 0 unspecified atom stereocenters. The van der Waals surface area contributed by atoms with Crippen LogP contribution in [0.4, 0.5) is 0 Å². The van der Waals surface area contributed by atoms with Gasteiger partial charge in [0.15, 0.2) is 0 Å². The Balaban J connectivity index is 1.56. The number of methoxy groups -OCH3 is 1. The second-order valence-electron chi connectivity index (χ2n) is 6.56. The van der Waals surface area contributed by atoms with Crippen LogP contribution in [0, 0.1) is 0 Å². The van der Waals surface area contributed by atoms with Crippen molar-refractivity contribution in [2.75, 3.05) is 20.8 Å². The number of thiocarbonyl (C=S) groups is 1. The van der Waals surface area contributed by atoms with Gasteiger partial charge in [-0.2, -0.15) is 0 Å². The largest absolute Gasteiger partial charge is 0.497 e. The zero-order chi connectivity index (χ0) is 20.4. The van der Waals surface area contributed by atoms with Crippen LogP contribution in [0.2, 0.25) is 0 Å². The number of hydrogen-bond donors (Lipinski definition) is 0. The highest BCUT2D eigenvalue weighted by atomic mass is 32.2. The standard InChI is InChI=1S/C22H20N2O3S2/c1-23-21(25)20(29-22(23)28)12-15-14-24(19-9-4-3-8-18(15)19)10-11-27-17-7-5-6-16(13-17)26-2/h3-9,12-14H,10-11H2,1-2H3/b20-12-. The predicted octanol–water partition coefficient (Wildman–Crippen LogP) is 4.56. The fourth-order valence-electron chi connectivity index (χ4n) is 3.21. The quantitative estimate of drug-likeness (QED) is 0.429. The second-order valence-corrected chi connectivity index (χ2v) is 8.24. The van der Waals surface area contributed by atoms with Crippen molar-refractivity contribution >= 4 is 51.2 Å². The maximum absolute atomic E-state index is 12.4. The number of carbonyl (C=O) groups excluding carboxylic acids is 1. The average molecular weight is 425 g/mol. The van der Waals surface area contributed by atoms with Gasteiger partial charge in [0.1, 0.15) is 22.4 Å². The summed E-state index contributed by atoms with van der Waals surface area (Å²) in [6, 6.07) is 15.7. The Hall–Kier alpha value is -2.77. The van der Waals surface area contributed by atoms with Gasteiger partial charge in [-0.3, -0.25) is 9.69 Å². The van der Waals surface area contributed by atoms with Crippen molar-refractivity contribution in [3.05, 3.63) is 65.2 Å². The minimum atomic E-state index is -0.0572. The Kier molecular flexibility index (Phi) is 5.60. The summed E-state index contributed by atoms with van der Waals surface area (Å²) in [5.41, 5.74) is 2.09. The number of fused-ring (bicyclic) bond motifs is 1. The molecule has 29 heavy (non-hydrogen) atoms. The molecule has 1 saturated heterocycles. The van der Waals surface area contributed by atoms with Gasteiger partial charge in [-0.1, -0.05) is 48.2 Å². The smallest absolute Gasteiger partial charge is 0.265 e. The average Bonchev–Trinajstić information content (AvgIpc) is 3.21. The molecule has 0 bridgehead atoms. The normalized spacial score (nSPS) is 15.5. The number of para-hydroxylation sites is 1. The maximum atomic E-state index is 12.4. The van der Waals surface area contributed by atoms with Crippen LogP contribution in [0.25, 0.3) is 17.0 Å². The Labute approximate surface area is 178 Å². The molecule has 7 heteroatoms. The van der Waals surface area contributed by atoms with E-state index in [0.29, 0.717) is 22.4 Å². The van der Waals surface area contributed by atoms with Crippen LogP contribution < -0.4 is 9.47 Å². The summed E-state index contributed by atoms with van der Waals surface area (Å²) in [5, 5.41) is 1.09. The van der Waals surface area contributed by atoms with Crippen LogP contribution in [-0.4, -0.2) is 40.5 Å². The molecule has 1 aliphatic rings. The molecule has 1 aliphatic heterocycles. The van der Waals surface area contributed by atoms with Gasteiger partial charge < -0.3 is 14.0 Å². The lowest BCUT2D eigenvalue weighted by molar-refractivity contribution is -0.121. The van der Waals surface area contributed by atoms with Crippen LogP contribution in [0.5, 0.6) is 11.5 Å². The third-order valence-electron chi connectivity index (χ3n) is 4.73. The molecule has 3 aromatic rings. The first-order valence-corrected chi connectivity index (χ1v) is 10.4. The van der Waals surface area contributed by atoms with E-state index in [2.05, 4.69) is 22.9 Å². The summed E-state index contributed by atoms with van der Waals surface area (Å²) in [6.07, 6.45) is 3.98. The van der Waals surface area contributed by atoms with Gasteiger partial charge in [-0.05, 0) is 24.3 Å². The number of hydrogen-bond acceptors (Lipinski definition) is 5. The van der Waals surface area contributed by atoms with Crippen molar-refractivity contribution in [3.63, 3.8) is 0 Å². The summed E-state index contributed by atoms with van der Waals surface area (Å²) in [5.74, 6) is 1.48. The number of nitrogens with zero attached hydrogens (tertiary/aromatic N) is 2. The first kappa shape index (κ1) is 19.5. The van der Waals surface area contributed by atoms with E-state index in [-0.39, 0.29) is 5.91 Å². The molecule has 0 aliphatic carbocycles. The third kappa shape index (κ3) is 4.02. The molecule has 0 atom stereocenters. The second kappa shape index (κ2) is 8.31. The Bertz CT molecular complexity index is 1120. The van der Waals surface area contributed by atoms with Crippen LogP contribution >= 0.6 is 24.0 Å². The van der Waals surface area contributed by atoms with E-state index in [9.17, 15) is 4.79 Å². The van der Waals surface area contributed by atoms with E-state index in [1.165, 1.54) is 16.7 Å². The van der Waals surface area contributed by atoms with Crippen LogP contribution in [0.1, 0.15) is 5.56 Å². The molecule has 1 fully saturated rings. The van der Waals surface area contributed by atoms with Gasteiger partial charge >= 0.3 is 0 Å². The maximum Gasteiger partial charge on any atom is 0.265 e. The Morgan fingerprint density at radius 3 is 2.69 bits per heavy atom. The summed E-state index contributed by atoms with van der Waals surface area (Å²) < 4.78 is 13.9. The van der Waals surface area contributed by atoms with E-state index in [4.69, 9.17) is 21.7 Å². The highest BCUT2D eigenvalue weighted by Gasteiger charge is 2.29. The molecule has 5 nitrogen and oxygen atoms in total. The molecule has 2 heterocycles. The lowest BCUT2D eigenvalue weighted by atomic mass is 10.1. The van der Waals surface area contributed by atoms with Gasteiger partial charge in [-0.15, -0.1) is 0 Å². The Morgan fingerprint density at radius 1 is 1.14 bits per heavy atom. The van der Waals surface area contributed by atoms with Gasteiger partial charge in [0.05, 0.1) is 18.6 Å². The molecule has 4 rings (SSSR count). The lowest BCUT2D eigenvalue weighted by Gasteiger charge is -2.09. The lowest BCUT2D eigenvalue weighted by Crippen LogP contribution is -2.22. The fourth-order valence-corrected chi connectivity index (χ4v) is 4.39. The molecule has 0 radical (unpaired) electrons. The number of carbonyl (C=O) groups is 1. The summed E-state index contributed by atoms with van der Waals surface area (Å²) in [7, 11) is 3.34. The van der Waals surface area contributed by atoms with Crippen molar-refractivity contribution in [3.8, 4) is 11.5 Å².